The lowest BCUT2D eigenvalue weighted by Gasteiger charge is -2.34. The molecule has 0 spiro atoms. The third kappa shape index (κ3) is 4.92. The number of sulfonamides is 1. The molecule has 0 unspecified atom stereocenters. The molecule has 174 valence electrons. The van der Waals surface area contributed by atoms with Gasteiger partial charge >= 0.3 is 0 Å². The Kier molecular flexibility index (Phi) is 7.33. The van der Waals surface area contributed by atoms with E-state index in [2.05, 4.69) is 15.1 Å². The zero-order valence-corrected chi connectivity index (χ0v) is 19.7. The summed E-state index contributed by atoms with van der Waals surface area (Å²) in [4.78, 5) is 16.9. The van der Waals surface area contributed by atoms with Crippen molar-refractivity contribution < 1.29 is 17.9 Å². The summed E-state index contributed by atoms with van der Waals surface area (Å²) in [5, 5.41) is 9.34. The molecule has 2 fully saturated rings. The van der Waals surface area contributed by atoms with Crippen LogP contribution in [0.1, 0.15) is 6.92 Å². The number of morpholine rings is 1. The maximum Gasteiger partial charge on any atom is 0.243 e. The molecule has 2 aromatic rings. The summed E-state index contributed by atoms with van der Waals surface area (Å²) in [6.07, 6.45) is 0. The highest BCUT2D eigenvalue weighted by Crippen LogP contribution is 2.23. The molecule has 2 aliphatic rings. The number of carbonyl (C=O) groups is 1. The van der Waals surface area contributed by atoms with Crippen molar-refractivity contribution in [3.8, 4) is 0 Å². The van der Waals surface area contributed by atoms with Crippen molar-refractivity contribution in [3.05, 3.63) is 30.3 Å². The lowest BCUT2D eigenvalue weighted by molar-refractivity contribution is -0.129. The Hall–Kier alpha value is -2.15. The van der Waals surface area contributed by atoms with E-state index in [0.717, 1.165) is 19.0 Å². The molecule has 4 rings (SSSR count). The Labute approximate surface area is 192 Å². The van der Waals surface area contributed by atoms with Gasteiger partial charge in [-0.1, -0.05) is 30.0 Å². The number of aromatic nitrogens is 3. The van der Waals surface area contributed by atoms with Gasteiger partial charge in [0.2, 0.25) is 21.9 Å². The number of nitrogens with zero attached hydrogens (tertiary/aromatic N) is 6. The number of piperazine rings is 1. The molecule has 0 N–H and O–H groups in total. The van der Waals surface area contributed by atoms with E-state index in [1.165, 1.54) is 16.1 Å². The molecule has 3 heterocycles. The zero-order chi connectivity index (χ0) is 22.6. The largest absolute Gasteiger partial charge is 0.378 e. The van der Waals surface area contributed by atoms with E-state index in [1.54, 1.807) is 35.2 Å². The number of amides is 1. The van der Waals surface area contributed by atoms with Crippen LogP contribution in [0, 0.1) is 0 Å². The van der Waals surface area contributed by atoms with E-state index >= 15 is 0 Å². The Morgan fingerprint density at radius 2 is 1.72 bits per heavy atom. The summed E-state index contributed by atoms with van der Waals surface area (Å²) >= 11 is 1.37. The quantitative estimate of drug-likeness (QED) is 0.536. The van der Waals surface area contributed by atoms with Crippen LogP contribution in [0.2, 0.25) is 0 Å². The maximum absolute atomic E-state index is 12.8. The first kappa shape index (κ1) is 23.0. The number of ether oxygens (including phenoxy) is 1. The smallest absolute Gasteiger partial charge is 0.243 e. The van der Waals surface area contributed by atoms with Crippen LogP contribution in [0.15, 0.2) is 40.4 Å². The Bertz CT molecular complexity index is 1020. The molecule has 10 nitrogen and oxygen atoms in total. The molecule has 0 bridgehead atoms. The van der Waals surface area contributed by atoms with Gasteiger partial charge in [-0.2, -0.15) is 4.31 Å². The normalized spacial score (nSPS) is 18.2. The van der Waals surface area contributed by atoms with E-state index in [9.17, 15) is 13.2 Å². The minimum Gasteiger partial charge on any atom is -0.378 e. The Morgan fingerprint density at radius 1 is 1.03 bits per heavy atom. The van der Waals surface area contributed by atoms with Gasteiger partial charge in [0.1, 0.15) is 0 Å². The monoisotopic (exact) mass is 480 g/mol. The zero-order valence-electron chi connectivity index (χ0n) is 18.1. The van der Waals surface area contributed by atoms with Gasteiger partial charge in [-0.05, 0) is 19.1 Å². The second kappa shape index (κ2) is 10.2. The molecular weight excluding hydrogens is 452 g/mol. The number of hydrogen-bond acceptors (Lipinski definition) is 8. The number of carbonyl (C=O) groups excluding carboxylic acids is 1. The van der Waals surface area contributed by atoms with Crippen molar-refractivity contribution in [2.75, 3.05) is 63.1 Å². The van der Waals surface area contributed by atoms with Crippen molar-refractivity contribution in [1.82, 2.24) is 24.0 Å². The Balaban J connectivity index is 1.32. The first-order valence-corrected chi connectivity index (χ1v) is 13.1. The molecule has 0 radical (unpaired) electrons. The summed E-state index contributed by atoms with van der Waals surface area (Å²) in [6.45, 7) is 6.98. The molecule has 1 aromatic heterocycles. The fourth-order valence-electron chi connectivity index (χ4n) is 3.80. The molecule has 12 heteroatoms. The van der Waals surface area contributed by atoms with Crippen LogP contribution in [0.5, 0.6) is 0 Å². The van der Waals surface area contributed by atoms with Crippen LogP contribution in [-0.4, -0.2) is 96.5 Å². The summed E-state index contributed by atoms with van der Waals surface area (Å²) in [5.74, 6) is 1.03. The number of anilines is 1. The third-order valence-electron chi connectivity index (χ3n) is 5.60. The second-order valence-corrected chi connectivity index (χ2v) is 10.4. The predicted octanol–water partition coefficient (Wildman–Crippen LogP) is 0.760. The van der Waals surface area contributed by atoms with Crippen LogP contribution >= 0.6 is 11.8 Å². The molecule has 2 saturated heterocycles. The summed E-state index contributed by atoms with van der Waals surface area (Å²) in [6, 6.07) is 8.40. The van der Waals surface area contributed by atoms with Gasteiger partial charge < -0.3 is 14.5 Å². The topological polar surface area (TPSA) is 101 Å². The van der Waals surface area contributed by atoms with E-state index in [0.29, 0.717) is 51.1 Å². The van der Waals surface area contributed by atoms with Gasteiger partial charge in [-0.25, -0.2) is 8.42 Å². The van der Waals surface area contributed by atoms with E-state index in [-0.39, 0.29) is 16.6 Å². The minimum atomic E-state index is -3.53. The lowest BCUT2D eigenvalue weighted by Crippen LogP contribution is -2.50. The van der Waals surface area contributed by atoms with Crippen molar-refractivity contribution in [1.29, 1.82) is 0 Å². The lowest BCUT2D eigenvalue weighted by atomic mass is 10.3. The standard InChI is InChI=1S/C20H28N6O4S2/c1-2-26-19(24-12-14-30-15-13-24)21-22-20(26)31-16-18(27)23-8-10-25(11-9-23)32(28,29)17-6-4-3-5-7-17/h3-7H,2,8-16H2,1H3. The Morgan fingerprint density at radius 3 is 2.38 bits per heavy atom. The number of rotatable bonds is 7. The number of hydrogen-bond donors (Lipinski definition) is 0. The average Bonchev–Trinajstić information content (AvgIpc) is 3.26. The molecule has 1 amide bonds. The fourth-order valence-corrected chi connectivity index (χ4v) is 6.14. The highest BCUT2D eigenvalue weighted by Gasteiger charge is 2.30. The first-order valence-electron chi connectivity index (χ1n) is 10.7. The van der Waals surface area contributed by atoms with Crippen molar-refractivity contribution >= 4 is 33.6 Å². The predicted molar refractivity (Wildman–Crippen MR) is 121 cm³/mol. The minimum absolute atomic E-state index is 0.0228. The van der Waals surface area contributed by atoms with Gasteiger partial charge in [-0.15, -0.1) is 10.2 Å². The molecule has 0 aliphatic carbocycles. The van der Waals surface area contributed by atoms with Crippen LogP contribution in [-0.2, 0) is 26.1 Å². The van der Waals surface area contributed by atoms with Crippen LogP contribution in [0.25, 0.3) is 0 Å². The maximum atomic E-state index is 12.8. The van der Waals surface area contributed by atoms with Gasteiger partial charge in [0.25, 0.3) is 0 Å². The molecule has 0 saturated carbocycles. The molecular formula is C20H28N6O4S2. The SMILES string of the molecule is CCn1c(SCC(=O)N2CCN(S(=O)(=O)c3ccccc3)CC2)nnc1N1CCOCC1. The van der Waals surface area contributed by atoms with Crippen LogP contribution in [0.3, 0.4) is 0 Å². The molecule has 0 atom stereocenters. The summed E-state index contributed by atoms with van der Waals surface area (Å²) in [5.41, 5.74) is 0. The highest BCUT2D eigenvalue weighted by atomic mass is 32.2. The van der Waals surface area contributed by atoms with E-state index < -0.39 is 10.0 Å². The van der Waals surface area contributed by atoms with Gasteiger partial charge in [0.15, 0.2) is 5.16 Å². The van der Waals surface area contributed by atoms with Crippen molar-refractivity contribution in [2.24, 2.45) is 0 Å². The van der Waals surface area contributed by atoms with Crippen LogP contribution in [0.4, 0.5) is 5.95 Å². The second-order valence-electron chi connectivity index (χ2n) is 7.51. The summed E-state index contributed by atoms with van der Waals surface area (Å²) in [7, 11) is -3.53. The summed E-state index contributed by atoms with van der Waals surface area (Å²) < 4.78 is 34.4. The van der Waals surface area contributed by atoms with E-state index in [4.69, 9.17) is 4.74 Å². The average molecular weight is 481 g/mol. The van der Waals surface area contributed by atoms with Crippen LogP contribution < -0.4 is 4.90 Å². The van der Waals surface area contributed by atoms with Crippen molar-refractivity contribution in [3.63, 3.8) is 0 Å². The van der Waals surface area contributed by atoms with E-state index in [1.807, 2.05) is 11.5 Å². The van der Waals surface area contributed by atoms with Gasteiger partial charge in [-0.3, -0.25) is 9.36 Å². The molecule has 32 heavy (non-hydrogen) atoms. The third-order valence-corrected chi connectivity index (χ3v) is 8.47. The number of benzene rings is 1. The first-order chi connectivity index (χ1) is 15.5. The molecule has 1 aromatic carbocycles. The molecule has 2 aliphatic heterocycles. The van der Waals surface area contributed by atoms with Gasteiger partial charge in [0.05, 0.1) is 23.9 Å². The van der Waals surface area contributed by atoms with Crippen molar-refractivity contribution in [2.45, 2.75) is 23.5 Å². The fraction of sp³-hybridized carbons (Fsp3) is 0.550. The number of thioether (sulfide) groups is 1. The van der Waals surface area contributed by atoms with Gasteiger partial charge in [0, 0.05) is 45.8 Å². The highest BCUT2D eigenvalue weighted by molar-refractivity contribution is 7.99.